The number of aliphatic carboxylic acids is 1. The van der Waals surface area contributed by atoms with Crippen molar-refractivity contribution in [3.05, 3.63) is 0 Å². The molecule has 120 valence electrons. The first-order valence-electron chi connectivity index (χ1n) is 7.10. The Balaban J connectivity index is 3.06. The van der Waals surface area contributed by atoms with Crippen molar-refractivity contribution < 1.29 is 19.5 Å². The van der Waals surface area contributed by atoms with E-state index in [1.807, 2.05) is 27.7 Å². The highest BCUT2D eigenvalue weighted by Gasteiger charge is 2.45. The van der Waals surface area contributed by atoms with Gasteiger partial charge in [0.15, 0.2) is 0 Å². The van der Waals surface area contributed by atoms with Crippen molar-refractivity contribution in [2.45, 2.75) is 52.1 Å². The lowest BCUT2D eigenvalue weighted by atomic mass is 10.0. The van der Waals surface area contributed by atoms with Gasteiger partial charge in [0, 0.05) is 12.7 Å². The van der Waals surface area contributed by atoms with Crippen LogP contribution in [0.25, 0.3) is 0 Å². The molecule has 0 bridgehead atoms. The van der Waals surface area contributed by atoms with E-state index in [4.69, 9.17) is 0 Å². The Morgan fingerprint density at radius 3 is 2.19 bits per heavy atom. The summed E-state index contributed by atoms with van der Waals surface area (Å²) >= 11 is 1.48. The van der Waals surface area contributed by atoms with Crippen molar-refractivity contribution in [3.63, 3.8) is 0 Å². The predicted molar refractivity (Wildman–Crippen MR) is 81.8 cm³/mol. The lowest BCUT2D eigenvalue weighted by molar-refractivity contribution is -0.151. The van der Waals surface area contributed by atoms with E-state index in [-0.39, 0.29) is 29.0 Å². The van der Waals surface area contributed by atoms with Gasteiger partial charge in [-0.15, -0.1) is 11.8 Å². The quantitative estimate of drug-likeness (QED) is 0.795. The Hall–Kier alpha value is -1.24. The third-order valence-corrected chi connectivity index (χ3v) is 5.06. The molecule has 0 saturated carbocycles. The third-order valence-electron chi connectivity index (χ3n) is 3.44. The number of nitrogens with zero attached hydrogens (tertiary/aromatic N) is 1. The Labute approximate surface area is 129 Å². The van der Waals surface area contributed by atoms with Gasteiger partial charge in [0.2, 0.25) is 11.8 Å². The van der Waals surface area contributed by atoms with Gasteiger partial charge in [-0.2, -0.15) is 0 Å². The predicted octanol–water partition coefficient (Wildman–Crippen LogP) is 1.16. The van der Waals surface area contributed by atoms with Gasteiger partial charge < -0.3 is 15.3 Å². The average Bonchev–Trinajstić information content (AvgIpc) is 2.79. The number of carbonyl (C=O) groups excluding carboxylic acids is 2. The fourth-order valence-corrected chi connectivity index (χ4v) is 3.88. The van der Waals surface area contributed by atoms with Crippen LogP contribution in [-0.2, 0) is 14.4 Å². The summed E-state index contributed by atoms with van der Waals surface area (Å²) in [5.41, 5.74) is 0. The van der Waals surface area contributed by atoms with E-state index in [9.17, 15) is 19.5 Å². The summed E-state index contributed by atoms with van der Waals surface area (Å²) in [6.07, 6.45) is 0. The molecule has 1 aliphatic heterocycles. The SMILES string of the molecule is CC(=O)NC(C(=O)N1C(C(=O)O)CSC1C(C)C)C(C)C. The summed E-state index contributed by atoms with van der Waals surface area (Å²) in [7, 11) is 0. The second kappa shape index (κ2) is 7.15. The van der Waals surface area contributed by atoms with E-state index in [1.165, 1.54) is 23.6 Å². The minimum absolute atomic E-state index is 0.103. The minimum Gasteiger partial charge on any atom is -0.480 e. The molecule has 0 aromatic rings. The molecule has 2 N–H and O–H groups in total. The van der Waals surface area contributed by atoms with Gasteiger partial charge in [-0.25, -0.2) is 4.79 Å². The van der Waals surface area contributed by atoms with Crippen LogP contribution in [0.2, 0.25) is 0 Å². The number of nitrogens with one attached hydrogen (secondary N) is 1. The number of hydrogen-bond acceptors (Lipinski definition) is 4. The van der Waals surface area contributed by atoms with E-state index >= 15 is 0 Å². The van der Waals surface area contributed by atoms with Crippen molar-refractivity contribution in [2.24, 2.45) is 11.8 Å². The molecule has 1 rings (SSSR count). The average molecular weight is 316 g/mol. The third kappa shape index (κ3) is 4.12. The molecule has 7 heteroatoms. The Morgan fingerprint density at radius 2 is 1.81 bits per heavy atom. The molecular formula is C14H24N2O4S. The molecule has 6 nitrogen and oxygen atoms in total. The molecule has 3 atom stereocenters. The van der Waals surface area contributed by atoms with Crippen LogP contribution in [0.15, 0.2) is 0 Å². The Kier molecular flexibility index (Phi) is 6.07. The van der Waals surface area contributed by atoms with Crippen LogP contribution < -0.4 is 5.32 Å². The first-order chi connectivity index (χ1) is 9.66. The number of carbonyl (C=O) groups is 3. The standard InChI is InChI=1S/C14H24N2O4S/c1-7(2)11(15-9(5)17)12(18)16-10(14(19)20)6-21-13(16)8(3)4/h7-8,10-11,13H,6H2,1-5H3,(H,15,17)(H,19,20). The zero-order chi connectivity index (χ0) is 16.3. The lowest BCUT2D eigenvalue weighted by Gasteiger charge is -2.34. The van der Waals surface area contributed by atoms with Crippen LogP contribution in [0.1, 0.15) is 34.6 Å². The van der Waals surface area contributed by atoms with Crippen molar-refractivity contribution in [1.82, 2.24) is 10.2 Å². The molecule has 3 unspecified atom stereocenters. The number of rotatable bonds is 5. The van der Waals surface area contributed by atoms with Gasteiger partial charge in [-0.05, 0) is 11.8 Å². The molecule has 1 fully saturated rings. The number of thioether (sulfide) groups is 1. The van der Waals surface area contributed by atoms with Crippen molar-refractivity contribution in [3.8, 4) is 0 Å². The maximum absolute atomic E-state index is 12.8. The molecular weight excluding hydrogens is 292 g/mol. The fourth-order valence-electron chi connectivity index (χ4n) is 2.40. The molecule has 21 heavy (non-hydrogen) atoms. The molecule has 0 aliphatic carbocycles. The number of hydrogen-bond donors (Lipinski definition) is 2. The highest BCUT2D eigenvalue weighted by atomic mass is 32.2. The summed E-state index contributed by atoms with van der Waals surface area (Å²) in [6.45, 7) is 8.95. The van der Waals surface area contributed by atoms with Gasteiger partial charge in [0.1, 0.15) is 12.1 Å². The Morgan fingerprint density at radius 1 is 1.24 bits per heavy atom. The van der Waals surface area contributed by atoms with Gasteiger partial charge in [0.05, 0.1) is 5.37 Å². The topological polar surface area (TPSA) is 86.7 Å². The lowest BCUT2D eigenvalue weighted by Crippen LogP contribution is -2.56. The molecule has 1 saturated heterocycles. The van der Waals surface area contributed by atoms with Gasteiger partial charge in [-0.3, -0.25) is 9.59 Å². The largest absolute Gasteiger partial charge is 0.480 e. The monoisotopic (exact) mass is 316 g/mol. The van der Waals surface area contributed by atoms with Crippen LogP contribution in [0.5, 0.6) is 0 Å². The van der Waals surface area contributed by atoms with E-state index in [1.54, 1.807) is 0 Å². The first-order valence-corrected chi connectivity index (χ1v) is 8.15. The number of amides is 2. The molecule has 1 aliphatic rings. The molecule has 1 heterocycles. The summed E-state index contributed by atoms with van der Waals surface area (Å²) in [4.78, 5) is 36.9. The highest BCUT2D eigenvalue weighted by Crippen LogP contribution is 2.35. The second-order valence-electron chi connectivity index (χ2n) is 5.99. The van der Waals surface area contributed by atoms with Gasteiger partial charge >= 0.3 is 5.97 Å². The van der Waals surface area contributed by atoms with Crippen LogP contribution in [0.4, 0.5) is 0 Å². The van der Waals surface area contributed by atoms with E-state index in [2.05, 4.69) is 5.32 Å². The van der Waals surface area contributed by atoms with Crippen molar-refractivity contribution in [1.29, 1.82) is 0 Å². The number of carboxylic acids is 1. The van der Waals surface area contributed by atoms with Crippen molar-refractivity contribution >= 4 is 29.5 Å². The van der Waals surface area contributed by atoms with Crippen LogP contribution in [-0.4, -0.2) is 51.0 Å². The van der Waals surface area contributed by atoms with Crippen LogP contribution in [0, 0.1) is 11.8 Å². The maximum Gasteiger partial charge on any atom is 0.327 e. The summed E-state index contributed by atoms with van der Waals surface area (Å²) in [6, 6.07) is -1.52. The van der Waals surface area contributed by atoms with Gasteiger partial charge in [0.25, 0.3) is 0 Å². The Bertz CT molecular complexity index is 425. The molecule has 0 spiro atoms. The highest BCUT2D eigenvalue weighted by molar-refractivity contribution is 8.00. The zero-order valence-corrected chi connectivity index (χ0v) is 13.9. The zero-order valence-electron chi connectivity index (χ0n) is 13.1. The maximum atomic E-state index is 12.8. The van der Waals surface area contributed by atoms with E-state index in [0.29, 0.717) is 5.75 Å². The first kappa shape index (κ1) is 17.8. The van der Waals surface area contributed by atoms with Crippen LogP contribution in [0.3, 0.4) is 0 Å². The summed E-state index contributed by atoms with van der Waals surface area (Å²) in [5.74, 6) is -1.17. The number of carboxylic acid groups (broad SMARTS) is 1. The minimum atomic E-state index is -0.996. The summed E-state index contributed by atoms with van der Waals surface area (Å²) < 4.78 is 0. The molecule has 0 aromatic heterocycles. The summed E-state index contributed by atoms with van der Waals surface area (Å²) in [5, 5.41) is 11.8. The smallest absolute Gasteiger partial charge is 0.327 e. The van der Waals surface area contributed by atoms with Crippen LogP contribution >= 0.6 is 11.8 Å². The normalized spacial score (nSPS) is 23.5. The second-order valence-corrected chi connectivity index (χ2v) is 7.14. The fraction of sp³-hybridized carbons (Fsp3) is 0.786. The van der Waals surface area contributed by atoms with Gasteiger partial charge in [-0.1, -0.05) is 27.7 Å². The molecule has 2 amide bonds. The van der Waals surface area contributed by atoms with Crippen molar-refractivity contribution in [2.75, 3.05) is 5.75 Å². The molecule has 0 aromatic carbocycles. The van der Waals surface area contributed by atoms with E-state index < -0.39 is 18.1 Å². The van der Waals surface area contributed by atoms with E-state index in [0.717, 1.165) is 0 Å². The molecule has 0 radical (unpaired) electrons.